The van der Waals surface area contributed by atoms with E-state index in [9.17, 15) is 0 Å². The Morgan fingerprint density at radius 2 is 2.08 bits per heavy atom. The maximum Gasteiger partial charge on any atom is -0.000969 e. The van der Waals surface area contributed by atoms with Gasteiger partial charge < -0.3 is 10.2 Å². The van der Waals surface area contributed by atoms with E-state index in [1.54, 1.807) is 0 Å². The predicted molar refractivity (Wildman–Crippen MR) is 53.4 cm³/mol. The van der Waals surface area contributed by atoms with Crippen LogP contribution in [0.25, 0.3) is 0 Å². The van der Waals surface area contributed by atoms with E-state index in [-0.39, 0.29) is 0 Å². The molecule has 0 saturated heterocycles. The second kappa shape index (κ2) is 5.55. The lowest BCUT2D eigenvalue weighted by atomic mass is 10.3. The number of nitrogens with zero attached hydrogens (tertiary/aromatic N) is 1. The van der Waals surface area contributed by atoms with Gasteiger partial charge in [-0.25, -0.2) is 0 Å². The first-order valence-corrected chi connectivity index (χ1v) is 5.16. The summed E-state index contributed by atoms with van der Waals surface area (Å²) in [7, 11) is 4.25. The van der Waals surface area contributed by atoms with Gasteiger partial charge in [0.2, 0.25) is 0 Å². The summed E-state index contributed by atoms with van der Waals surface area (Å²) >= 11 is 0. The standard InChI is InChI=1S/C10H22N2/c1-11-7-3-8-12(2)9-6-10-4-5-10/h10-11H,3-9H2,1-2H3. The molecule has 1 N–H and O–H groups in total. The zero-order valence-corrected chi connectivity index (χ0v) is 8.47. The number of rotatable bonds is 7. The third-order valence-corrected chi connectivity index (χ3v) is 2.58. The highest BCUT2D eigenvalue weighted by Gasteiger charge is 2.20. The third-order valence-electron chi connectivity index (χ3n) is 2.58. The average Bonchev–Trinajstić information content (AvgIpc) is 2.84. The van der Waals surface area contributed by atoms with Gasteiger partial charge in [-0.2, -0.15) is 0 Å². The lowest BCUT2D eigenvalue weighted by Crippen LogP contribution is -2.24. The molecule has 0 radical (unpaired) electrons. The van der Waals surface area contributed by atoms with Crippen LogP contribution < -0.4 is 5.32 Å². The zero-order valence-electron chi connectivity index (χ0n) is 8.47. The SMILES string of the molecule is CNCCCN(C)CCC1CC1. The normalized spacial score (nSPS) is 17.2. The van der Waals surface area contributed by atoms with Crippen LogP contribution in [-0.4, -0.2) is 38.6 Å². The van der Waals surface area contributed by atoms with Crippen LogP contribution in [0.5, 0.6) is 0 Å². The van der Waals surface area contributed by atoms with Gasteiger partial charge in [-0.1, -0.05) is 12.8 Å². The molecule has 2 heteroatoms. The molecule has 1 fully saturated rings. The van der Waals surface area contributed by atoms with Crippen LogP contribution >= 0.6 is 0 Å². The Kier molecular flexibility index (Phi) is 4.62. The van der Waals surface area contributed by atoms with Gasteiger partial charge in [-0.3, -0.25) is 0 Å². The molecule has 0 unspecified atom stereocenters. The molecule has 0 aromatic heterocycles. The van der Waals surface area contributed by atoms with Crippen molar-refractivity contribution < 1.29 is 0 Å². The van der Waals surface area contributed by atoms with Gasteiger partial charge in [0.1, 0.15) is 0 Å². The van der Waals surface area contributed by atoms with Gasteiger partial charge in [0.05, 0.1) is 0 Å². The summed E-state index contributed by atoms with van der Waals surface area (Å²) in [5.41, 5.74) is 0. The van der Waals surface area contributed by atoms with Crippen molar-refractivity contribution in [2.75, 3.05) is 33.7 Å². The van der Waals surface area contributed by atoms with Gasteiger partial charge in [0.25, 0.3) is 0 Å². The molecule has 0 heterocycles. The minimum Gasteiger partial charge on any atom is -0.320 e. The van der Waals surface area contributed by atoms with E-state index >= 15 is 0 Å². The molecule has 0 spiro atoms. The summed E-state index contributed by atoms with van der Waals surface area (Å²) in [4.78, 5) is 2.45. The Balaban J connectivity index is 1.84. The van der Waals surface area contributed by atoms with Crippen molar-refractivity contribution in [2.24, 2.45) is 5.92 Å². The molecule has 0 aromatic carbocycles. The quantitative estimate of drug-likeness (QED) is 0.580. The molecule has 1 saturated carbocycles. The van der Waals surface area contributed by atoms with Gasteiger partial charge >= 0.3 is 0 Å². The Labute approximate surface area is 76.3 Å². The van der Waals surface area contributed by atoms with E-state index in [0.717, 1.165) is 12.5 Å². The van der Waals surface area contributed by atoms with E-state index in [4.69, 9.17) is 0 Å². The van der Waals surface area contributed by atoms with E-state index in [1.165, 1.54) is 38.8 Å². The minimum atomic E-state index is 1.08. The van der Waals surface area contributed by atoms with Gasteiger partial charge in [0, 0.05) is 0 Å². The van der Waals surface area contributed by atoms with E-state index in [0.29, 0.717) is 0 Å². The molecule has 0 atom stereocenters. The first kappa shape index (κ1) is 10.0. The van der Waals surface area contributed by atoms with Crippen molar-refractivity contribution in [3.63, 3.8) is 0 Å². The molecule has 1 aliphatic rings. The molecule has 2 nitrogen and oxygen atoms in total. The Morgan fingerprint density at radius 3 is 2.67 bits per heavy atom. The number of hydrogen-bond donors (Lipinski definition) is 1. The summed E-state index contributed by atoms with van der Waals surface area (Å²) in [6, 6.07) is 0. The van der Waals surface area contributed by atoms with E-state index < -0.39 is 0 Å². The van der Waals surface area contributed by atoms with E-state index in [1.807, 2.05) is 7.05 Å². The molecule has 1 aliphatic carbocycles. The van der Waals surface area contributed by atoms with Crippen molar-refractivity contribution >= 4 is 0 Å². The average molecular weight is 170 g/mol. The fraction of sp³-hybridized carbons (Fsp3) is 1.00. The maximum absolute atomic E-state index is 3.17. The molecule has 1 rings (SSSR count). The molecular formula is C10H22N2. The van der Waals surface area contributed by atoms with Crippen molar-refractivity contribution in [3.05, 3.63) is 0 Å². The molecule has 0 bridgehead atoms. The molecule has 0 aliphatic heterocycles. The first-order valence-electron chi connectivity index (χ1n) is 5.16. The zero-order chi connectivity index (χ0) is 8.81. The summed E-state index contributed by atoms with van der Waals surface area (Å²) < 4.78 is 0. The van der Waals surface area contributed by atoms with Crippen LogP contribution in [0.4, 0.5) is 0 Å². The summed E-state index contributed by atoms with van der Waals surface area (Å²) in [6.45, 7) is 3.69. The fourth-order valence-corrected chi connectivity index (χ4v) is 1.45. The molecule has 72 valence electrons. The highest BCUT2D eigenvalue weighted by atomic mass is 15.1. The summed E-state index contributed by atoms with van der Waals surface area (Å²) in [5.74, 6) is 1.08. The fourth-order valence-electron chi connectivity index (χ4n) is 1.45. The van der Waals surface area contributed by atoms with Crippen molar-refractivity contribution in [1.29, 1.82) is 0 Å². The predicted octanol–water partition coefficient (Wildman–Crippen LogP) is 1.33. The minimum absolute atomic E-state index is 1.08. The monoisotopic (exact) mass is 170 g/mol. The lowest BCUT2D eigenvalue weighted by Gasteiger charge is -2.15. The van der Waals surface area contributed by atoms with Gasteiger partial charge in [-0.15, -0.1) is 0 Å². The summed E-state index contributed by atoms with van der Waals surface area (Å²) in [6.07, 6.45) is 5.68. The van der Waals surface area contributed by atoms with Crippen molar-refractivity contribution in [1.82, 2.24) is 10.2 Å². The van der Waals surface area contributed by atoms with Crippen LogP contribution in [0.15, 0.2) is 0 Å². The van der Waals surface area contributed by atoms with Crippen LogP contribution in [0.3, 0.4) is 0 Å². The topological polar surface area (TPSA) is 15.3 Å². The lowest BCUT2D eigenvalue weighted by molar-refractivity contribution is 0.317. The molecule has 12 heavy (non-hydrogen) atoms. The van der Waals surface area contributed by atoms with Gasteiger partial charge in [-0.05, 0) is 52.5 Å². The largest absolute Gasteiger partial charge is 0.320 e. The highest BCUT2D eigenvalue weighted by Crippen LogP contribution is 2.32. The number of nitrogens with one attached hydrogen (secondary N) is 1. The maximum atomic E-state index is 3.17. The molecule has 0 aromatic rings. The Morgan fingerprint density at radius 1 is 1.33 bits per heavy atom. The van der Waals surface area contributed by atoms with Crippen LogP contribution in [0.1, 0.15) is 25.7 Å². The smallest absolute Gasteiger partial charge is 0.000969 e. The molecular weight excluding hydrogens is 148 g/mol. The Hall–Kier alpha value is -0.0800. The van der Waals surface area contributed by atoms with Crippen LogP contribution in [0.2, 0.25) is 0 Å². The summed E-state index contributed by atoms with van der Waals surface area (Å²) in [5, 5.41) is 3.17. The van der Waals surface area contributed by atoms with Gasteiger partial charge in [0.15, 0.2) is 0 Å². The second-order valence-corrected chi connectivity index (χ2v) is 3.99. The van der Waals surface area contributed by atoms with E-state index in [2.05, 4.69) is 17.3 Å². The van der Waals surface area contributed by atoms with Crippen LogP contribution in [0, 0.1) is 5.92 Å². The highest BCUT2D eigenvalue weighted by molar-refractivity contribution is 4.73. The van der Waals surface area contributed by atoms with Crippen molar-refractivity contribution in [2.45, 2.75) is 25.7 Å². The molecule has 0 amide bonds. The second-order valence-electron chi connectivity index (χ2n) is 3.99. The Bertz CT molecular complexity index is 110. The third kappa shape index (κ3) is 4.73. The first-order chi connectivity index (χ1) is 5.83. The van der Waals surface area contributed by atoms with Crippen molar-refractivity contribution in [3.8, 4) is 0 Å². The number of hydrogen-bond acceptors (Lipinski definition) is 2. The van der Waals surface area contributed by atoms with Crippen LogP contribution in [-0.2, 0) is 0 Å².